The number of aryl methyl sites for hydroxylation is 1. The highest BCUT2D eigenvalue weighted by atomic mass is 32.2. The Morgan fingerprint density at radius 1 is 0.872 bits per heavy atom. The van der Waals surface area contributed by atoms with Gasteiger partial charge in [0.1, 0.15) is 0 Å². The summed E-state index contributed by atoms with van der Waals surface area (Å²) in [5.41, 5.74) is 3.57. The van der Waals surface area contributed by atoms with Crippen LogP contribution in [0.1, 0.15) is 34.3 Å². The van der Waals surface area contributed by atoms with E-state index in [2.05, 4.69) is 5.32 Å². The van der Waals surface area contributed by atoms with Gasteiger partial charge in [-0.3, -0.25) is 13.9 Å². The van der Waals surface area contributed by atoms with Crippen molar-refractivity contribution in [2.24, 2.45) is 0 Å². The minimum absolute atomic E-state index is 0.0555. The number of carbonyl (C=O) groups excluding carboxylic acids is 2. The second-order valence-corrected chi connectivity index (χ2v) is 11.3. The van der Waals surface area contributed by atoms with E-state index < -0.39 is 15.9 Å². The smallest absolute Gasteiger partial charge is 0.264 e. The average Bonchev–Trinajstić information content (AvgIpc) is 3.38. The first-order valence-electron chi connectivity index (χ1n) is 12.8. The second-order valence-electron chi connectivity index (χ2n) is 9.48. The molecule has 1 fully saturated rings. The summed E-state index contributed by atoms with van der Waals surface area (Å²) in [5.74, 6) is -0.346. The van der Waals surface area contributed by atoms with Crippen molar-refractivity contribution in [3.63, 3.8) is 0 Å². The Bertz CT molecular complexity index is 1590. The van der Waals surface area contributed by atoms with E-state index in [1.807, 2.05) is 37.3 Å². The van der Waals surface area contributed by atoms with Crippen LogP contribution >= 0.6 is 0 Å². The van der Waals surface area contributed by atoms with Gasteiger partial charge in [0, 0.05) is 24.3 Å². The van der Waals surface area contributed by atoms with Crippen LogP contribution in [-0.4, -0.2) is 26.8 Å². The number of para-hydroxylation sites is 1. The summed E-state index contributed by atoms with van der Waals surface area (Å²) in [6, 6.07) is 29.7. The van der Waals surface area contributed by atoms with Gasteiger partial charge in [0.25, 0.3) is 15.9 Å². The summed E-state index contributed by atoms with van der Waals surface area (Å²) in [6.45, 7) is 2.64. The number of sulfonamides is 1. The molecule has 1 heterocycles. The van der Waals surface area contributed by atoms with Crippen molar-refractivity contribution in [3.8, 4) is 0 Å². The van der Waals surface area contributed by atoms with Crippen LogP contribution in [0.15, 0.2) is 108 Å². The molecular weight excluding hydrogens is 510 g/mol. The molecule has 0 saturated carbocycles. The maximum atomic E-state index is 13.9. The van der Waals surface area contributed by atoms with Crippen LogP contribution in [0.5, 0.6) is 0 Å². The van der Waals surface area contributed by atoms with Crippen LogP contribution in [0.2, 0.25) is 0 Å². The normalized spacial score (nSPS) is 13.4. The van der Waals surface area contributed by atoms with E-state index in [1.165, 1.54) is 4.31 Å². The minimum atomic E-state index is -4.00. The van der Waals surface area contributed by atoms with Crippen LogP contribution < -0.4 is 14.5 Å². The molecule has 0 radical (unpaired) electrons. The highest BCUT2D eigenvalue weighted by Gasteiger charge is 2.29. The highest BCUT2D eigenvalue weighted by molar-refractivity contribution is 7.92. The van der Waals surface area contributed by atoms with Gasteiger partial charge in [-0.2, -0.15) is 0 Å². The molecule has 1 aliphatic rings. The van der Waals surface area contributed by atoms with Crippen LogP contribution in [0, 0.1) is 6.92 Å². The van der Waals surface area contributed by atoms with Crippen molar-refractivity contribution < 1.29 is 18.0 Å². The van der Waals surface area contributed by atoms with Gasteiger partial charge in [-0.05, 0) is 67.4 Å². The molecule has 0 aromatic heterocycles. The predicted octanol–water partition coefficient (Wildman–Crippen LogP) is 5.77. The standard InChI is InChI=1S/C31H29N3O4S/c1-23-13-19-27(20-14-23)39(37,38)34(22-24-8-3-2-4-9-24)29-11-6-5-10-28(29)31(36)32-25-15-17-26(18-16-25)33-21-7-12-30(33)35/h2-6,8-11,13-20H,7,12,21-22H2,1H3,(H,32,36). The molecule has 8 heteroatoms. The van der Waals surface area contributed by atoms with Crippen LogP contribution in [0.25, 0.3) is 0 Å². The summed E-state index contributed by atoms with van der Waals surface area (Å²) in [6.07, 6.45) is 1.37. The fourth-order valence-electron chi connectivity index (χ4n) is 4.61. The van der Waals surface area contributed by atoms with E-state index in [0.717, 1.165) is 23.2 Å². The zero-order valence-electron chi connectivity index (χ0n) is 21.6. The van der Waals surface area contributed by atoms with Crippen LogP contribution in [0.4, 0.5) is 17.1 Å². The number of benzene rings is 4. The van der Waals surface area contributed by atoms with Crippen molar-refractivity contribution in [1.29, 1.82) is 0 Å². The van der Waals surface area contributed by atoms with E-state index in [-0.39, 0.29) is 28.6 Å². The number of anilines is 3. The van der Waals surface area contributed by atoms with Gasteiger partial charge in [0.05, 0.1) is 22.7 Å². The molecule has 4 aromatic rings. The fraction of sp³-hybridized carbons (Fsp3) is 0.161. The number of nitrogens with zero attached hydrogens (tertiary/aromatic N) is 2. The first-order valence-corrected chi connectivity index (χ1v) is 14.2. The zero-order chi connectivity index (χ0) is 27.4. The van der Waals surface area contributed by atoms with Gasteiger partial charge < -0.3 is 10.2 Å². The first kappa shape index (κ1) is 26.2. The Morgan fingerprint density at radius 3 is 2.21 bits per heavy atom. The number of carbonyl (C=O) groups is 2. The van der Waals surface area contributed by atoms with Crippen molar-refractivity contribution in [1.82, 2.24) is 0 Å². The van der Waals surface area contributed by atoms with Gasteiger partial charge in [0.2, 0.25) is 5.91 Å². The SMILES string of the molecule is Cc1ccc(S(=O)(=O)N(Cc2ccccc2)c2ccccc2C(=O)Nc2ccc(N3CCCC3=O)cc2)cc1. The predicted molar refractivity (Wildman–Crippen MR) is 153 cm³/mol. The van der Waals surface area contributed by atoms with Crippen molar-refractivity contribution in [2.75, 3.05) is 21.1 Å². The third-order valence-corrected chi connectivity index (χ3v) is 8.48. The second kappa shape index (κ2) is 11.1. The molecule has 0 unspecified atom stereocenters. The van der Waals surface area contributed by atoms with Crippen LogP contribution in [-0.2, 0) is 21.4 Å². The number of hydrogen-bond donors (Lipinski definition) is 1. The minimum Gasteiger partial charge on any atom is -0.322 e. The monoisotopic (exact) mass is 539 g/mol. The molecule has 0 aliphatic carbocycles. The highest BCUT2D eigenvalue weighted by Crippen LogP contribution is 2.30. The van der Waals surface area contributed by atoms with Gasteiger partial charge >= 0.3 is 0 Å². The molecule has 1 saturated heterocycles. The van der Waals surface area contributed by atoms with E-state index >= 15 is 0 Å². The maximum absolute atomic E-state index is 13.9. The molecular formula is C31H29N3O4S. The summed E-state index contributed by atoms with van der Waals surface area (Å²) < 4.78 is 29.1. The lowest BCUT2D eigenvalue weighted by molar-refractivity contribution is -0.117. The molecule has 7 nitrogen and oxygen atoms in total. The molecule has 1 N–H and O–H groups in total. The van der Waals surface area contributed by atoms with Crippen molar-refractivity contribution in [2.45, 2.75) is 31.2 Å². The number of amides is 2. The lowest BCUT2D eigenvalue weighted by atomic mass is 10.1. The molecule has 4 aromatic carbocycles. The maximum Gasteiger partial charge on any atom is 0.264 e. The quantitative estimate of drug-likeness (QED) is 0.308. The lowest BCUT2D eigenvalue weighted by Crippen LogP contribution is -2.32. The average molecular weight is 540 g/mol. The number of nitrogens with one attached hydrogen (secondary N) is 1. The topological polar surface area (TPSA) is 86.8 Å². The molecule has 0 spiro atoms. The van der Waals surface area contributed by atoms with E-state index in [0.29, 0.717) is 18.7 Å². The summed E-state index contributed by atoms with van der Waals surface area (Å²) in [5, 5.41) is 2.88. The van der Waals surface area contributed by atoms with Gasteiger partial charge in [0.15, 0.2) is 0 Å². The van der Waals surface area contributed by atoms with Crippen molar-refractivity contribution in [3.05, 3.63) is 120 Å². The molecule has 2 amide bonds. The van der Waals surface area contributed by atoms with Gasteiger partial charge in [-0.15, -0.1) is 0 Å². The fourth-order valence-corrected chi connectivity index (χ4v) is 6.09. The largest absolute Gasteiger partial charge is 0.322 e. The third-order valence-electron chi connectivity index (χ3n) is 6.71. The Hall–Kier alpha value is -4.43. The number of hydrogen-bond acceptors (Lipinski definition) is 4. The van der Waals surface area contributed by atoms with E-state index in [9.17, 15) is 18.0 Å². The summed E-state index contributed by atoms with van der Waals surface area (Å²) in [4.78, 5) is 27.4. The Labute approximate surface area is 228 Å². The van der Waals surface area contributed by atoms with E-state index in [4.69, 9.17) is 0 Å². The molecule has 0 atom stereocenters. The zero-order valence-corrected chi connectivity index (χ0v) is 22.4. The Balaban J connectivity index is 1.47. The molecule has 198 valence electrons. The van der Waals surface area contributed by atoms with Crippen molar-refractivity contribution >= 4 is 38.9 Å². The molecule has 39 heavy (non-hydrogen) atoms. The lowest BCUT2D eigenvalue weighted by Gasteiger charge is -2.27. The summed E-state index contributed by atoms with van der Waals surface area (Å²) in [7, 11) is -4.00. The Morgan fingerprint density at radius 2 is 1.54 bits per heavy atom. The number of rotatable bonds is 8. The third kappa shape index (κ3) is 5.71. The molecule has 1 aliphatic heterocycles. The van der Waals surface area contributed by atoms with E-state index in [1.54, 1.807) is 77.7 Å². The van der Waals surface area contributed by atoms with Crippen LogP contribution in [0.3, 0.4) is 0 Å². The van der Waals surface area contributed by atoms with Gasteiger partial charge in [-0.25, -0.2) is 8.42 Å². The first-order chi connectivity index (χ1) is 18.8. The van der Waals surface area contributed by atoms with Gasteiger partial charge in [-0.1, -0.05) is 60.2 Å². The Kier molecular flexibility index (Phi) is 7.47. The summed E-state index contributed by atoms with van der Waals surface area (Å²) >= 11 is 0. The molecule has 5 rings (SSSR count). The molecule has 0 bridgehead atoms.